The van der Waals surface area contributed by atoms with Crippen LogP contribution >= 0.6 is 11.8 Å². The van der Waals surface area contributed by atoms with Crippen LogP contribution in [0.15, 0.2) is 82.8 Å². The second-order valence-corrected chi connectivity index (χ2v) is 6.84. The second-order valence-electron chi connectivity index (χ2n) is 5.78. The SMILES string of the molecule is CN(CCOc1ccccc1F)C(=O)c1cccnc1Sc1ccccc1. The molecule has 6 heteroatoms. The van der Waals surface area contributed by atoms with E-state index in [4.69, 9.17) is 4.74 Å². The molecule has 0 unspecified atom stereocenters. The van der Waals surface area contributed by atoms with E-state index >= 15 is 0 Å². The van der Waals surface area contributed by atoms with Gasteiger partial charge in [-0.2, -0.15) is 0 Å². The van der Waals surface area contributed by atoms with Crippen LogP contribution in [0, 0.1) is 5.82 Å². The molecule has 0 radical (unpaired) electrons. The van der Waals surface area contributed by atoms with Gasteiger partial charge in [-0.1, -0.05) is 42.1 Å². The maximum Gasteiger partial charge on any atom is 0.256 e. The summed E-state index contributed by atoms with van der Waals surface area (Å²) in [6.07, 6.45) is 1.67. The highest BCUT2D eigenvalue weighted by molar-refractivity contribution is 7.99. The minimum atomic E-state index is -0.416. The van der Waals surface area contributed by atoms with Crippen LogP contribution < -0.4 is 4.74 Å². The summed E-state index contributed by atoms with van der Waals surface area (Å²) in [5.74, 6) is -0.390. The molecule has 138 valence electrons. The third-order valence-corrected chi connectivity index (χ3v) is 4.85. The molecule has 0 bridgehead atoms. The van der Waals surface area contributed by atoms with Gasteiger partial charge in [0.25, 0.3) is 5.91 Å². The largest absolute Gasteiger partial charge is 0.489 e. The number of amides is 1. The zero-order valence-electron chi connectivity index (χ0n) is 14.8. The Hall–Kier alpha value is -2.86. The predicted octanol–water partition coefficient (Wildman–Crippen LogP) is 4.52. The van der Waals surface area contributed by atoms with E-state index in [-0.39, 0.29) is 18.3 Å². The van der Waals surface area contributed by atoms with Crippen LogP contribution in [0.1, 0.15) is 10.4 Å². The minimum absolute atomic E-state index is 0.154. The molecule has 2 aromatic carbocycles. The number of ether oxygens (including phenoxy) is 1. The number of likely N-dealkylation sites (N-methyl/N-ethyl adjacent to an activating group) is 1. The predicted molar refractivity (Wildman–Crippen MR) is 104 cm³/mol. The molecule has 0 saturated heterocycles. The summed E-state index contributed by atoms with van der Waals surface area (Å²) in [5, 5.41) is 0.649. The lowest BCUT2D eigenvalue weighted by Gasteiger charge is -2.19. The van der Waals surface area contributed by atoms with Crippen LogP contribution in [0.2, 0.25) is 0 Å². The average molecular weight is 382 g/mol. The van der Waals surface area contributed by atoms with Crippen LogP contribution in [0.25, 0.3) is 0 Å². The minimum Gasteiger partial charge on any atom is -0.489 e. The van der Waals surface area contributed by atoms with Crippen molar-refractivity contribution < 1.29 is 13.9 Å². The molecule has 0 aliphatic carbocycles. The molecule has 0 aliphatic rings. The first-order valence-electron chi connectivity index (χ1n) is 8.46. The third-order valence-electron chi connectivity index (χ3n) is 3.83. The van der Waals surface area contributed by atoms with Crippen molar-refractivity contribution in [3.05, 3.63) is 84.3 Å². The molecule has 4 nitrogen and oxygen atoms in total. The van der Waals surface area contributed by atoms with Gasteiger partial charge in [0.05, 0.1) is 12.1 Å². The molecule has 0 N–H and O–H groups in total. The number of carbonyl (C=O) groups is 1. The Balaban J connectivity index is 1.64. The van der Waals surface area contributed by atoms with Gasteiger partial charge in [0.1, 0.15) is 11.6 Å². The Morgan fingerprint density at radius 1 is 1.07 bits per heavy atom. The second kappa shape index (κ2) is 9.19. The summed E-state index contributed by atoms with van der Waals surface area (Å²) >= 11 is 1.44. The molecular formula is C21H19FN2O2S. The number of pyridine rings is 1. The Morgan fingerprint density at radius 2 is 1.81 bits per heavy atom. The van der Waals surface area contributed by atoms with E-state index in [1.807, 2.05) is 30.3 Å². The van der Waals surface area contributed by atoms with Gasteiger partial charge in [-0.05, 0) is 36.4 Å². The van der Waals surface area contributed by atoms with E-state index in [1.165, 1.54) is 17.8 Å². The Morgan fingerprint density at radius 3 is 2.59 bits per heavy atom. The van der Waals surface area contributed by atoms with Gasteiger partial charge in [0, 0.05) is 18.1 Å². The number of benzene rings is 2. The molecule has 0 aliphatic heterocycles. The van der Waals surface area contributed by atoms with E-state index in [9.17, 15) is 9.18 Å². The topological polar surface area (TPSA) is 42.4 Å². The maximum atomic E-state index is 13.6. The standard InChI is InChI=1S/C21H19FN2O2S/c1-24(14-15-26-19-12-6-5-11-18(19)22)21(25)17-10-7-13-23-20(17)27-16-8-3-2-4-9-16/h2-13H,14-15H2,1H3. The summed E-state index contributed by atoms with van der Waals surface area (Å²) in [4.78, 5) is 19.7. The van der Waals surface area contributed by atoms with Crippen LogP contribution in [0.4, 0.5) is 4.39 Å². The fourth-order valence-electron chi connectivity index (χ4n) is 2.40. The van der Waals surface area contributed by atoms with Crippen molar-refractivity contribution in [2.75, 3.05) is 20.2 Å². The van der Waals surface area contributed by atoms with Gasteiger partial charge in [-0.3, -0.25) is 4.79 Å². The van der Waals surface area contributed by atoms with Crippen LogP contribution in [0.3, 0.4) is 0 Å². The first kappa shape index (κ1) is 18.9. The van der Waals surface area contributed by atoms with E-state index < -0.39 is 5.82 Å². The quantitative estimate of drug-likeness (QED) is 0.602. The van der Waals surface area contributed by atoms with Crippen molar-refractivity contribution in [3.8, 4) is 5.75 Å². The van der Waals surface area contributed by atoms with E-state index in [2.05, 4.69) is 4.98 Å². The van der Waals surface area contributed by atoms with E-state index in [0.717, 1.165) is 4.90 Å². The monoisotopic (exact) mass is 382 g/mol. The van der Waals surface area contributed by atoms with Crippen molar-refractivity contribution in [2.24, 2.45) is 0 Å². The van der Waals surface area contributed by atoms with E-state index in [1.54, 1.807) is 48.5 Å². The van der Waals surface area contributed by atoms with Crippen molar-refractivity contribution in [3.63, 3.8) is 0 Å². The van der Waals surface area contributed by atoms with Crippen LogP contribution in [-0.2, 0) is 0 Å². The molecular weight excluding hydrogens is 363 g/mol. The molecule has 1 heterocycles. The number of rotatable bonds is 7. The number of para-hydroxylation sites is 1. The van der Waals surface area contributed by atoms with Crippen molar-refractivity contribution in [2.45, 2.75) is 9.92 Å². The Kier molecular flexibility index (Phi) is 6.44. The Labute approximate surface area is 162 Å². The van der Waals surface area contributed by atoms with Gasteiger partial charge in [-0.25, -0.2) is 9.37 Å². The van der Waals surface area contributed by atoms with Gasteiger partial charge in [-0.15, -0.1) is 0 Å². The fourth-order valence-corrected chi connectivity index (χ4v) is 3.29. The van der Waals surface area contributed by atoms with Gasteiger partial charge in [0.2, 0.25) is 0 Å². The molecule has 1 aromatic heterocycles. The number of aromatic nitrogens is 1. The van der Waals surface area contributed by atoms with E-state index in [0.29, 0.717) is 17.1 Å². The van der Waals surface area contributed by atoms with Crippen molar-refractivity contribution in [1.82, 2.24) is 9.88 Å². The van der Waals surface area contributed by atoms with Gasteiger partial charge >= 0.3 is 0 Å². The molecule has 0 atom stereocenters. The fraction of sp³-hybridized carbons (Fsp3) is 0.143. The van der Waals surface area contributed by atoms with Crippen LogP contribution in [0.5, 0.6) is 5.75 Å². The highest BCUT2D eigenvalue weighted by Crippen LogP contribution is 2.28. The zero-order chi connectivity index (χ0) is 19.1. The first-order chi connectivity index (χ1) is 13.1. The Bertz CT molecular complexity index is 905. The molecule has 3 aromatic rings. The molecule has 3 rings (SSSR count). The number of nitrogens with zero attached hydrogens (tertiary/aromatic N) is 2. The zero-order valence-corrected chi connectivity index (χ0v) is 15.7. The summed E-state index contributed by atoms with van der Waals surface area (Å²) in [5.41, 5.74) is 0.528. The normalized spacial score (nSPS) is 10.4. The summed E-state index contributed by atoms with van der Waals surface area (Å²) in [7, 11) is 1.69. The number of carbonyl (C=O) groups excluding carboxylic acids is 1. The molecule has 0 saturated carbocycles. The summed E-state index contributed by atoms with van der Waals surface area (Å²) in [6.45, 7) is 0.530. The lowest BCUT2D eigenvalue weighted by Crippen LogP contribution is -2.31. The summed E-state index contributed by atoms with van der Waals surface area (Å²) < 4.78 is 19.0. The molecule has 1 amide bonds. The molecule has 0 spiro atoms. The van der Waals surface area contributed by atoms with Gasteiger partial charge in [0.15, 0.2) is 11.6 Å². The molecule has 0 fully saturated rings. The molecule has 27 heavy (non-hydrogen) atoms. The number of hydrogen-bond donors (Lipinski definition) is 0. The van der Waals surface area contributed by atoms with Crippen molar-refractivity contribution in [1.29, 1.82) is 0 Å². The number of hydrogen-bond acceptors (Lipinski definition) is 4. The lowest BCUT2D eigenvalue weighted by atomic mass is 10.2. The highest BCUT2D eigenvalue weighted by Gasteiger charge is 2.17. The maximum absolute atomic E-state index is 13.6. The smallest absolute Gasteiger partial charge is 0.256 e. The van der Waals surface area contributed by atoms with Crippen LogP contribution in [-0.4, -0.2) is 36.0 Å². The third kappa shape index (κ3) is 5.08. The van der Waals surface area contributed by atoms with Gasteiger partial charge < -0.3 is 9.64 Å². The average Bonchev–Trinajstić information content (AvgIpc) is 2.70. The first-order valence-corrected chi connectivity index (χ1v) is 9.27. The number of halogens is 1. The highest BCUT2D eigenvalue weighted by atomic mass is 32.2. The lowest BCUT2D eigenvalue weighted by molar-refractivity contribution is 0.0768. The summed E-state index contributed by atoms with van der Waals surface area (Å²) in [6, 6.07) is 19.5. The van der Waals surface area contributed by atoms with Crippen molar-refractivity contribution >= 4 is 17.7 Å².